The molecule has 0 aliphatic heterocycles. The van der Waals surface area contributed by atoms with Crippen molar-refractivity contribution in [2.45, 2.75) is 6.92 Å². The molecule has 1 heterocycles. The normalized spacial score (nSPS) is 9.85. The summed E-state index contributed by atoms with van der Waals surface area (Å²) in [5.41, 5.74) is 5.95. The largest absolute Gasteiger partial charge is 0.473 e. The highest BCUT2D eigenvalue weighted by Crippen LogP contribution is 2.30. The molecule has 2 aromatic rings. The number of benzene rings is 1. The second-order valence-electron chi connectivity index (χ2n) is 3.68. The monoisotopic (exact) mass is 275 g/mol. The second kappa shape index (κ2) is 6.32. The lowest BCUT2D eigenvalue weighted by Gasteiger charge is -2.10. The van der Waals surface area contributed by atoms with Gasteiger partial charge in [0.15, 0.2) is 0 Å². The maximum Gasteiger partial charge on any atom is 0.374 e. The average molecular weight is 275 g/mol. The first-order chi connectivity index (χ1) is 9.72. The molecule has 2 N–H and O–H groups in total. The molecule has 0 atom stereocenters. The van der Waals surface area contributed by atoms with Gasteiger partial charge in [-0.2, -0.15) is 4.98 Å². The minimum atomic E-state index is -0.583. The smallest absolute Gasteiger partial charge is 0.374 e. The Morgan fingerprint density at radius 2 is 2.00 bits per heavy atom. The van der Waals surface area contributed by atoms with Crippen LogP contribution in [0.4, 0.5) is 17.2 Å². The lowest BCUT2D eigenvalue weighted by Crippen LogP contribution is -2.13. The van der Waals surface area contributed by atoms with Crippen LogP contribution in [-0.4, -0.2) is 21.5 Å². The molecule has 1 aromatic heterocycles. The van der Waals surface area contributed by atoms with Crippen molar-refractivity contribution in [2.24, 2.45) is 0 Å². The molecule has 2 rings (SSSR count). The molecule has 1 aromatic carbocycles. The van der Waals surface area contributed by atoms with Crippen LogP contribution >= 0.6 is 0 Å². The summed E-state index contributed by atoms with van der Waals surface area (Å²) < 4.78 is 5.13. The summed E-state index contributed by atoms with van der Waals surface area (Å²) in [4.78, 5) is 18.1. The number of ether oxygens (including phenoxy) is 1. The van der Waals surface area contributed by atoms with Crippen LogP contribution in [0.2, 0.25) is 0 Å². The fourth-order valence-electron chi connectivity index (χ4n) is 1.51. The molecule has 0 bridgehead atoms. The molecule has 0 amide bonds. The molecule has 20 heavy (non-hydrogen) atoms. The topological polar surface area (TPSA) is 102 Å². The van der Waals surface area contributed by atoms with E-state index in [1.54, 1.807) is 6.92 Å². The Hall–Kier alpha value is -2.90. The zero-order valence-electron chi connectivity index (χ0n) is 10.7. The molecule has 0 radical (unpaired) electrons. The van der Waals surface area contributed by atoms with Crippen molar-refractivity contribution in [3.05, 3.63) is 46.8 Å². The molecule has 0 saturated carbocycles. The van der Waals surface area contributed by atoms with Crippen molar-refractivity contribution in [1.82, 2.24) is 9.97 Å². The number of rotatable bonds is 6. The van der Waals surface area contributed by atoms with Crippen LogP contribution in [0.25, 0.3) is 0 Å². The highest BCUT2D eigenvalue weighted by atomic mass is 16.6. The Morgan fingerprint density at radius 3 is 2.65 bits per heavy atom. The number of aromatic nitrogens is 2. The van der Waals surface area contributed by atoms with Gasteiger partial charge in [0, 0.05) is 0 Å². The van der Waals surface area contributed by atoms with Gasteiger partial charge < -0.3 is 4.74 Å². The predicted octanol–water partition coefficient (Wildman–Crippen LogP) is 2.22. The number of hydrogen-bond donors (Lipinski definition) is 2. The molecule has 0 unspecified atom stereocenters. The number of nitrogens with zero attached hydrogens (tertiary/aromatic N) is 3. The summed E-state index contributed by atoms with van der Waals surface area (Å²) in [5, 5.41) is 11.1. The first kappa shape index (κ1) is 13.5. The highest BCUT2D eigenvalue weighted by Gasteiger charge is 2.24. The zero-order valence-corrected chi connectivity index (χ0v) is 10.7. The van der Waals surface area contributed by atoms with Crippen LogP contribution in [0, 0.1) is 10.1 Å². The van der Waals surface area contributed by atoms with E-state index in [9.17, 15) is 10.1 Å². The first-order valence-electron chi connectivity index (χ1n) is 5.91. The molecule has 8 heteroatoms. The van der Waals surface area contributed by atoms with Crippen LogP contribution in [0.15, 0.2) is 36.7 Å². The van der Waals surface area contributed by atoms with Gasteiger partial charge in [0.1, 0.15) is 6.33 Å². The van der Waals surface area contributed by atoms with E-state index in [0.717, 1.165) is 5.69 Å². The number of para-hydroxylation sites is 1. The molecular formula is C12H13N5O3. The van der Waals surface area contributed by atoms with Gasteiger partial charge in [0.2, 0.25) is 5.82 Å². The summed E-state index contributed by atoms with van der Waals surface area (Å²) in [6, 6.07) is 9.16. The minimum absolute atomic E-state index is 0.0392. The molecule has 0 fully saturated rings. The zero-order chi connectivity index (χ0) is 14.4. The molecular weight excluding hydrogens is 262 g/mol. The quantitative estimate of drug-likeness (QED) is 0.615. The fraction of sp³-hybridized carbons (Fsp3) is 0.167. The van der Waals surface area contributed by atoms with E-state index in [-0.39, 0.29) is 24.0 Å². The van der Waals surface area contributed by atoms with E-state index in [0.29, 0.717) is 0 Å². The first-order valence-corrected chi connectivity index (χ1v) is 5.91. The van der Waals surface area contributed by atoms with E-state index in [1.807, 2.05) is 30.3 Å². The van der Waals surface area contributed by atoms with Gasteiger partial charge in [-0.1, -0.05) is 18.2 Å². The van der Waals surface area contributed by atoms with Crippen LogP contribution < -0.4 is 15.6 Å². The number of hydrogen-bond acceptors (Lipinski definition) is 7. The Kier molecular flexibility index (Phi) is 4.28. The number of hydrazine groups is 1. The van der Waals surface area contributed by atoms with E-state index in [4.69, 9.17) is 4.74 Å². The molecule has 104 valence electrons. The van der Waals surface area contributed by atoms with Gasteiger partial charge in [0.05, 0.1) is 17.2 Å². The van der Waals surface area contributed by atoms with Gasteiger partial charge in [-0.25, -0.2) is 4.98 Å². The average Bonchev–Trinajstić information content (AvgIpc) is 2.46. The van der Waals surface area contributed by atoms with Crippen molar-refractivity contribution in [3.8, 4) is 5.88 Å². The maximum absolute atomic E-state index is 11.1. The Morgan fingerprint density at radius 1 is 1.25 bits per heavy atom. The molecule has 0 aliphatic rings. The third-order valence-corrected chi connectivity index (χ3v) is 2.35. The van der Waals surface area contributed by atoms with Crippen molar-refractivity contribution in [3.63, 3.8) is 0 Å². The predicted molar refractivity (Wildman–Crippen MR) is 73.5 cm³/mol. The van der Waals surface area contributed by atoms with Crippen molar-refractivity contribution < 1.29 is 9.66 Å². The van der Waals surface area contributed by atoms with E-state index >= 15 is 0 Å². The van der Waals surface area contributed by atoms with Crippen LogP contribution in [0.5, 0.6) is 5.88 Å². The van der Waals surface area contributed by atoms with E-state index < -0.39 is 4.92 Å². The Bertz CT molecular complexity index is 591. The lowest BCUT2D eigenvalue weighted by atomic mass is 10.3. The van der Waals surface area contributed by atoms with Gasteiger partial charge in [-0.05, 0) is 19.1 Å². The third kappa shape index (κ3) is 3.10. The summed E-state index contributed by atoms with van der Waals surface area (Å²) in [6.07, 6.45) is 1.20. The van der Waals surface area contributed by atoms with E-state index in [2.05, 4.69) is 20.8 Å². The summed E-state index contributed by atoms with van der Waals surface area (Å²) in [5.74, 6) is -0.0258. The maximum atomic E-state index is 11.1. The minimum Gasteiger partial charge on any atom is -0.473 e. The Labute approximate surface area is 114 Å². The standard InChI is InChI=1S/C12H13N5O3/c1-2-20-12-10(17(18)19)11(13-8-14-12)16-15-9-6-4-3-5-7-9/h3-8,15H,2H2,1H3,(H,13,14,16). The molecule has 0 spiro atoms. The van der Waals surface area contributed by atoms with E-state index in [1.165, 1.54) is 6.33 Å². The van der Waals surface area contributed by atoms with Crippen molar-refractivity contribution >= 4 is 17.2 Å². The summed E-state index contributed by atoms with van der Waals surface area (Å²) in [7, 11) is 0. The molecule has 8 nitrogen and oxygen atoms in total. The van der Waals surface area contributed by atoms with Crippen LogP contribution in [-0.2, 0) is 0 Å². The van der Waals surface area contributed by atoms with Gasteiger partial charge in [-0.15, -0.1) is 0 Å². The van der Waals surface area contributed by atoms with Crippen molar-refractivity contribution in [2.75, 3.05) is 17.5 Å². The number of anilines is 2. The van der Waals surface area contributed by atoms with Gasteiger partial charge >= 0.3 is 5.69 Å². The number of nitro groups is 1. The van der Waals surface area contributed by atoms with Gasteiger partial charge in [0.25, 0.3) is 5.88 Å². The van der Waals surface area contributed by atoms with Crippen molar-refractivity contribution in [1.29, 1.82) is 0 Å². The Balaban J connectivity index is 2.22. The summed E-state index contributed by atoms with van der Waals surface area (Å²) in [6.45, 7) is 2.00. The SMILES string of the molecule is CCOc1ncnc(NNc2ccccc2)c1[N+](=O)[O-]. The highest BCUT2D eigenvalue weighted by molar-refractivity contribution is 5.63. The van der Waals surface area contributed by atoms with Gasteiger partial charge in [-0.3, -0.25) is 21.0 Å². The molecule has 0 saturated heterocycles. The number of nitrogens with one attached hydrogen (secondary N) is 2. The molecule has 0 aliphatic carbocycles. The van der Waals surface area contributed by atoms with Crippen LogP contribution in [0.3, 0.4) is 0 Å². The summed E-state index contributed by atoms with van der Waals surface area (Å²) >= 11 is 0. The third-order valence-electron chi connectivity index (χ3n) is 2.35. The fourth-order valence-corrected chi connectivity index (χ4v) is 1.51. The lowest BCUT2D eigenvalue weighted by molar-refractivity contribution is -0.385. The van der Waals surface area contributed by atoms with Crippen LogP contribution in [0.1, 0.15) is 6.92 Å². The second-order valence-corrected chi connectivity index (χ2v) is 3.68.